The van der Waals surface area contributed by atoms with E-state index in [1.54, 1.807) is 0 Å². The second kappa shape index (κ2) is 7.02. The van der Waals surface area contributed by atoms with Crippen molar-refractivity contribution in [3.63, 3.8) is 0 Å². The van der Waals surface area contributed by atoms with Gasteiger partial charge >= 0.3 is 0 Å². The molecule has 1 unspecified atom stereocenters. The Morgan fingerprint density at radius 2 is 2.10 bits per heavy atom. The van der Waals surface area contributed by atoms with Crippen LogP contribution in [-0.2, 0) is 4.79 Å². The summed E-state index contributed by atoms with van der Waals surface area (Å²) in [6.45, 7) is 4.99. The van der Waals surface area contributed by atoms with Crippen LogP contribution in [0.3, 0.4) is 0 Å². The highest BCUT2D eigenvalue weighted by Gasteiger charge is 2.25. The predicted octanol–water partition coefficient (Wildman–Crippen LogP) is 3.81. The number of hydrogen-bond acceptors (Lipinski definition) is 3. The van der Waals surface area contributed by atoms with Crippen molar-refractivity contribution >= 4 is 23.0 Å². The lowest BCUT2D eigenvalue weighted by atomic mass is 9.99. The van der Waals surface area contributed by atoms with E-state index in [2.05, 4.69) is 6.92 Å². The Labute approximate surface area is 125 Å². The number of rotatable bonds is 5. The summed E-state index contributed by atoms with van der Waals surface area (Å²) in [5.41, 5.74) is 0. The number of thiophene rings is 1. The first-order valence-electron chi connectivity index (χ1n) is 7.51. The largest absolute Gasteiger partial charge is 0.340 e. The monoisotopic (exact) mass is 293 g/mol. The van der Waals surface area contributed by atoms with Crippen molar-refractivity contribution in [2.75, 3.05) is 6.54 Å². The molecule has 1 saturated heterocycles. The Morgan fingerprint density at radius 1 is 1.30 bits per heavy atom. The molecule has 0 aliphatic carbocycles. The van der Waals surface area contributed by atoms with Gasteiger partial charge in [-0.2, -0.15) is 0 Å². The van der Waals surface area contributed by atoms with Crippen LogP contribution < -0.4 is 0 Å². The molecule has 1 aliphatic heterocycles. The summed E-state index contributed by atoms with van der Waals surface area (Å²) in [6, 6.07) is 4.20. The third-order valence-electron chi connectivity index (χ3n) is 4.00. The first kappa shape index (κ1) is 15.2. The molecule has 20 heavy (non-hydrogen) atoms. The number of Topliss-reactive ketones (excluding diaryl/α,β-unsaturated/α-hetero) is 1. The van der Waals surface area contributed by atoms with E-state index in [4.69, 9.17) is 0 Å². The number of ketones is 1. The molecule has 0 radical (unpaired) electrons. The number of hydrogen-bond donors (Lipinski definition) is 0. The molecule has 0 spiro atoms. The van der Waals surface area contributed by atoms with Gasteiger partial charge in [0, 0.05) is 30.3 Å². The third kappa shape index (κ3) is 3.69. The van der Waals surface area contributed by atoms with Crippen LogP contribution in [0, 0.1) is 6.92 Å². The molecule has 1 aliphatic rings. The molecule has 4 heteroatoms. The number of carbonyl (C=O) groups is 2. The van der Waals surface area contributed by atoms with Crippen molar-refractivity contribution in [2.24, 2.45) is 0 Å². The Kier molecular flexibility index (Phi) is 5.35. The first-order valence-corrected chi connectivity index (χ1v) is 8.32. The van der Waals surface area contributed by atoms with E-state index in [0.717, 1.165) is 35.6 Å². The topological polar surface area (TPSA) is 37.4 Å². The fraction of sp³-hybridized carbons (Fsp3) is 0.625. The predicted molar refractivity (Wildman–Crippen MR) is 82.3 cm³/mol. The number of carbonyl (C=O) groups excluding carboxylic acids is 2. The molecule has 1 atom stereocenters. The third-order valence-corrected chi connectivity index (χ3v) is 5.04. The lowest BCUT2D eigenvalue weighted by Gasteiger charge is -2.35. The minimum atomic E-state index is 0.0986. The Balaban J connectivity index is 1.86. The van der Waals surface area contributed by atoms with Crippen molar-refractivity contribution in [2.45, 2.75) is 58.4 Å². The molecule has 1 aromatic heterocycles. The lowest BCUT2D eigenvalue weighted by molar-refractivity contribution is -0.134. The van der Waals surface area contributed by atoms with Gasteiger partial charge in [-0.25, -0.2) is 0 Å². The van der Waals surface area contributed by atoms with E-state index in [-0.39, 0.29) is 11.7 Å². The van der Waals surface area contributed by atoms with E-state index in [1.807, 2.05) is 24.0 Å². The van der Waals surface area contributed by atoms with Gasteiger partial charge in [0.05, 0.1) is 4.88 Å². The second-order valence-corrected chi connectivity index (χ2v) is 6.77. The minimum Gasteiger partial charge on any atom is -0.340 e. The van der Waals surface area contributed by atoms with Crippen LogP contribution in [0.1, 0.15) is 60.0 Å². The van der Waals surface area contributed by atoms with Crippen molar-refractivity contribution in [1.82, 2.24) is 4.90 Å². The van der Waals surface area contributed by atoms with Gasteiger partial charge in [-0.3, -0.25) is 9.59 Å². The smallest absolute Gasteiger partial charge is 0.223 e. The Bertz CT molecular complexity index is 481. The average molecular weight is 293 g/mol. The highest BCUT2D eigenvalue weighted by Crippen LogP contribution is 2.22. The zero-order chi connectivity index (χ0) is 14.5. The van der Waals surface area contributed by atoms with Crippen LogP contribution in [0.5, 0.6) is 0 Å². The van der Waals surface area contributed by atoms with Gasteiger partial charge in [-0.15, -0.1) is 11.3 Å². The number of aryl methyl sites for hydroxylation is 1. The maximum Gasteiger partial charge on any atom is 0.223 e. The molecule has 3 nitrogen and oxygen atoms in total. The minimum absolute atomic E-state index is 0.0986. The summed E-state index contributed by atoms with van der Waals surface area (Å²) in [5.74, 6) is 0.250. The quantitative estimate of drug-likeness (QED) is 0.774. The zero-order valence-electron chi connectivity index (χ0n) is 12.4. The van der Waals surface area contributed by atoms with Crippen LogP contribution in [0.15, 0.2) is 12.1 Å². The highest BCUT2D eigenvalue weighted by molar-refractivity contribution is 7.14. The molecule has 1 aromatic rings. The second-order valence-electron chi connectivity index (χ2n) is 5.48. The Hall–Kier alpha value is -1.16. The molecule has 0 bridgehead atoms. The van der Waals surface area contributed by atoms with Crippen LogP contribution in [-0.4, -0.2) is 29.2 Å². The molecule has 2 rings (SSSR count). The molecule has 2 heterocycles. The van der Waals surface area contributed by atoms with Gasteiger partial charge in [0.25, 0.3) is 0 Å². The van der Waals surface area contributed by atoms with Crippen molar-refractivity contribution in [3.8, 4) is 0 Å². The Morgan fingerprint density at radius 3 is 2.75 bits per heavy atom. The van der Waals surface area contributed by atoms with Crippen LogP contribution in [0.4, 0.5) is 0 Å². The molecule has 110 valence electrons. The lowest BCUT2D eigenvalue weighted by Crippen LogP contribution is -2.43. The molecule has 0 N–H and O–H groups in total. The van der Waals surface area contributed by atoms with E-state index in [0.29, 0.717) is 18.9 Å². The van der Waals surface area contributed by atoms with E-state index >= 15 is 0 Å². The summed E-state index contributed by atoms with van der Waals surface area (Å²) in [4.78, 5) is 28.2. The number of piperidine rings is 1. The van der Waals surface area contributed by atoms with Crippen LogP contribution in [0.25, 0.3) is 0 Å². The maximum atomic E-state index is 12.3. The molecular weight excluding hydrogens is 270 g/mol. The number of amides is 1. The normalized spacial score (nSPS) is 19.1. The average Bonchev–Trinajstić information content (AvgIpc) is 2.91. The standard InChI is InChI=1S/C16H23NO2S/c1-3-13-6-4-5-11-17(13)16(19)10-8-14(18)15-9-7-12(2)20-15/h7,9,13H,3-6,8,10-11H2,1-2H3. The number of nitrogens with zero attached hydrogens (tertiary/aromatic N) is 1. The van der Waals surface area contributed by atoms with Gasteiger partial charge in [0.1, 0.15) is 0 Å². The highest BCUT2D eigenvalue weighted by atomic mass is 32.1. The van der Waals surface area contributed by atoms with Crippen LogP contribution >= 0.6 is 11.3 Å². The molecular formula is C16H23NO2S. The SMILES string of the molecule is CCC1CCCCN1C(=O)CCC(=O)c1ccc(C)s1. The first-order chi connectivity index (χ1) is 9.61. The summed E-state index contributed by atoms with van der Waals surface area (Å²) in [6.07, 6.45) is 5.14. The van der Waals surface area contributed by atoms with Gasteiger partial charge in [0.15, 0.2) is 5.78 Å². The van der Waals surface area contributed by atoms with Gasteiger partial charge in [0.2, 0.25) is 5.91 Å². The van der Waals surface area contributed by atoms with Crippen molar-refractivity contribution in [3.05, 3.63) is 21.9 Å². The molecule has 0 aromatic carbocycles. The summed E-state index contributed by atoms with van der Waals surface area (Å²) >= 11 is 1.51. The van der Waals surface area contributed by atoms with Crippen molar-refractivity contribution < 1.29 is 9.59 Å². The van der Waals surface area contributed by atoms with E-state index < -0.39 is 0 Å². The van der Waals surface area contributed by atoms with Crippen LogP contribution in [0.2, 0.25) is 0 Å². The van der Waals surface area contributed by atoms with Gasteiger partial charge < -0.3 is 4.90 Å². The van der Waals surface area contributed by atoms with Gasteiger partial charge in [-0.1, -0.05) is 6.92 Å². The molecule has 1 fully saturated rings. The fourth-order valence-electron chi connectivity index (χ4n) is 2.83. The summed E-state index contributed by atoms with van der Waals surface area (Å²) < 4.78 is 0. The fourth-order valence-corrected chi connectivity index (χ4v) is 3.66. The maximum absolute atomic E-state index is 12.3. The van der Waals surface area contributed by atoms with Crippen molar-refractivity contribution in [1.29, 1.82) is 0 Å². The van der Waals surface area contributed by atoms with E-state index in [9.17, 15) is 9.59 Å². The number of likely N-dealkylation sites (tertiary alicyclic amines) is 1. The summed E-state index contributed by atoms with van der Waals surface area (Å²) in [5, 5.41) is 0. The zero-order valence-corrected chi connectivity index (χ0v) is 13.2. The van der Waals surface area contributed by atoms with Gasteiger partial charge in [-0.05, 0) is 44.7 Å². The molecule has 0 saturated carbocycles. The summed E-state index contributed by atoms with van der Waals surface area (Å²) in [7, 11) is 0. The molecule has 1 amide bonds. The van der Waals surface area contributed by atoms with E-state index in [1.165, 1.54) is 17.8 Å².